The first kappa shape index (κ1) is 17.0. The summed E-state index contributed by atoms with van der Waals surface area (Å²) in [6.07, 6.45) is 0.919. The first-order chi connectivity index (χ1) is 10.6. The Hall–Kier alpha value is -2.37. The number of rotatable bonds is 4. The van der Waals surface area contributed by atoms with Crippen molar-refractivity contribution in [2.75, 3.05) is 5.32 Å². The summed E-state index contributed by atoms with van der Waals surface area (Å²) in [4.78, 5) is 35.1. The van der Waals surface area contributed by atoms with E-state index in [9.17, 15) is 19.5 Å². The van der Waals surface area contributed by atoms with Gasteiger partial charge in [0.2, 0.25) is 5.91 Å². The molecule has 0 aliphatic heterocycles. The highest BCUT2D eigenvalue weighted by molar-refractivity contribution is 5.96. The molecule has 2 rings (SSSR count). The Balaban J connectivity index is 2.21. The van der Waals surface area contributed by atoms with Crippen LogP contribution in [-0.2, 0) is 9.59 Å². The summed E-state index contributed by atoms with van der Waals surface area (Å²) in [5.74, 6) is -2.69. The molecule has 0 saturated heterocycles. The Bertz CT molecular complexity index is 667. The number of benzene rings is 1. The van der Waals surface area contributed by atoms with Crippen LogP contribution in [0.15, 0.2) is 24.3 Å². The molecule has 6 heteroatoms. The van der Waals surface area contributed by atoms with Crippen LogP contribution in [0.1, 0.15) is 44.0 Å². The fourth-order valence-electron chi connectivity index (χ4n) is 3.30. The van der Waals surface area contributed by atoms with Gasteiger partial charge in [-0.2, -0.15) is 0 Å². The summed E-state index contributed by atoms with van der Waals surface area (Å²) in [6, 6.07) is 6.00. The summed E-state index contributed by atoms with van der Waals surface area (Å²) < 4.78 is 0. The van der Waals surface area contributed by atoms with E-state index in [0.29, 0.717) is 18.5 Å². The summed E-state index contributed by atoms with van der Waals surface area (Å²) in [5.41, 5.74) is -1.18. The lowest BCUT2D eigenvalue weighted by molar-refractivity contribution is -0.154. The number of hydrogen-bond donors (Lipinski definition) is 3. The molecule has 1 amide bonds. The number of carbonyl (C=O) groups excluding carboxylic acids is 1. The van der Waals surface area contributed by atoms with Crippen LogP contribution < -0.4 is 5.32 Å². The third kappa shape index (κ3) is 2.81. The number of carboxylic acids is 2. The van der Waals surface area contributed by atoms with Gasteiger partial charge in [0.05, 0.1) is 11.0 Å². The maximum absolute atomic E-state index is 12.6. The van der Waals surface area contributed by atoms with Crippen LogP contribution in [0.3, 0.4) is 0 Å². The van der Waals surface area contributed by atoms with Crippen LogP contribution in [0, 0.1) is 16.7 Å². The van der Waals surface area contributed by atoms with Crippen molar-refractivity contribution in [3.05, 3.63) is 29.8 Å². The zero-order valence-electron chi connectivity index (χ0n) is 13.4. The lowest BCUT2D eigenvalue weighted by Crippen LogP contribution is -2.43. The van der Waals surface area contributed by atoms with Gasteiger partial charge >= 0.3 is 11.9 Å². The van der Waals surface area contributed by atoms with E-state index in [1.54, 1.807) is 32.9 Å². The molecule has 1 saturated carbocycles. The van der Waals surface area contributed by atoms with Crippen molar-refractivity contribution < 1.29 is 24.6 Å². The summed E-state index contributed by atoms with van der Waals surface area (Å²) >= 11 is 0. The Morgan fingerprint density at radius 1 is 1.17 bits per heavy atom. The molecule has 124 valence electrons. The average Bonchev–Trinajstić information content (AvgIpc) is 2.71. The number of carbonyl (C=O) groups is 3. The van der Waals surface area contributed by atoms with Crippen LogP contribution in [-0.4, -0.2) is 28.1 Å². The molecule has 1 aliphatic rings. The van der Waals surface area contributed by atoms with Gasteiger partial charge in [0, 0.05) is 11.6 Å². The molecule has 3 N–H and O–H groups in total. The first-order valence-electron chi connectivity index (χ1n) is 7.47. The lowest BCUT2D eigenvalue weighted by atomic mass is 9.65. The van der Waals surface area contributed by atoms with Crippen LogP contribution in [0.4, 0.5) is 5.69 Å². The smallest absolute Gasteiger partial charge is 0.335 e. The quantitative estimate of drug-likeness (QED) is 0.791. The molecule has 0 heterocycles. The Morgan fingerprint density at radius 3 is 2.35 bits per heavy atom. The van der Waals surface area contributed by atoms with Gasteiger partial charge in [0.25, 0.3) is 0 Å². The fraction of sp³-hybridized carbons (Fsp3) is 0.471. The standard InChI is InChI=1S/C17H21NO5/c1-16(2)12(7-8-17(16,3)15(22)23)13(19)18-11-6-4-5-10(9-11)14(20)21/h4-6,9,12H,7-8H2,1-3H3,(H,18,19)(H,20,21)(H,22,23)/t12-,17+/m0/s1. The minimum absolute atomic E-state index is 0.0869. The van der Waals surface area contributed by atoms with E-state index in [2.05, 4.69) is 5.32 Å². The van der Waals surface area contributed by atoms with Crippen LogP contribution in [0.5, 0.6) is 0 Å². The predicted octanol–water partition coefficient (Wildman–Crippen LogP) is 2.85. The highest BCUT2D eigenvalue weighted by Crippen LogP contribution is 2.56. The van der Waals surface area contributed by atoms with Gasteiger partial charge in [0.1, 0.15) is 0 Å². The Labute approximate surface area is 134 Å². The van der Waals surface area contributed by atoms with Gasteiger partial charge in [-0.1, -0.05) is 19.9 Å². The van der Waals surface area contributed by atoms with Crippen molar-refractivity contribution in [1.82, 2.24) is 0 Å². The summed E-state index contributed by atoms with van der Waals surface area (Å²) in [5, 5.41) is 21.2. The van der Waals surface area contributed by atoms with Crippen LogP contribution in [0.25, 0.3) is 0 Å². The Morgan fingerprint density at radius 2 is 1.83 bits per heavy atom. The highest BCUT2D eigenvalue weighted by Gasteiger charge is 2.58. The topological polar surface area (TPSA) is 104 Å². The number of nitrogens with one attached hydrogen (secondary N) is 1. The normalized spacial score (nSPS) is 25.8. The molecule has 23 heavy (non-hydrogen) atoms. The van der Waals surface area contributed by atoms with Gasteiger partial charge in [0.15, 0.2) is 0 Å². The summed E-state index contributed by atoms with van der Waals surface area (Å²) in [7, 11) is 0. The molecule has 0 spiro atoms. The lowest BCUT2D eigenvalue weighted by Gasteiger charge is -2.37. The molecule has 0 radical (unpaired) electrons. The molecular weight excluding hydrogens is 298 g/mol. The van der Waals surface area contributed by atoms with Crippen LogP contribution >= 0.6 is 0 Å². The molecule has 0 bridgehead atoms. The SMILES string of the molecule is CC1(C)[C@H](C(=O)Nc2cccc(C(=O)O)c2)CC[C@]1(C)C(=O)O. The number of anilines is 1. The van der Waals surface area contributed by atoms with E-state index < -0.39 is 28.7 Å². The molecule has 0 unspecified atom stereocenters. The number of hydrogen-bond acceptors (Lipinski definition) is 3. The van der Waals surface area contributed by atoms with Gasteiger partial charge in [-0.3, -0.25) is 9.59 Å². The van der Waals surface area contributed by atoms with Crippen molar-refractivity contribution in [2.45, 2.75) is 33.6 Å². The fourth-order valence-corrected chi connectivity index (χ4v) is 3.30. The monoisotopic (exact) mass is 319 g/mol. The average molecular weight is 319 g/mol. The molecule has 1 aromatic carbocycles. The molecule has 1 fully saturated rings. The van der Waals surface area contributed by atoms with Crippen molar-refractivity contribution in [3.63, 3.8) is 0 Å². The zero-order chi connectivity index (χ0) is 17.4. The molecule has 1 aliphatic carbocycles. The maximum Gasteiger partial charge on any atom is 0.335 e. The molecule has 2 atom stereocenters. The first-order valence-corrected chi connectivity index (χ1v) is 7.47. The minimum Gasteiger partial charge on any atom is -0.481 e. The molecule has 0 aromatic heterocycles. The van der Waals surface area contributed by atoms with E-state index in [-0.39, 0.29) is 11.5 Å². The highest BCUT2D eigenvalue weighted by atomic mass is 16.4. The number of aliphatic carboxylic acids is 1. The van der Waals surface area contributed by atoms with Crippen molar-refractivity contribution >= 4 is 23.5 Å². The minimum atomic E-state index is -1.07. The van der Waals surface area contributed by atoms with Gasteiger partial charge < -0.3 is 15.5 Å². The zero-order valence-corrected chi connectivity index (χ0v) is 13.4. The Kier molecular flexibility index (Phi) is 4.20. The van der Waals surface area contributed by atoms with E-state index in [0.717, 1.165) is 0 Å². The largest absolute Gasteiger partial charge is 0.481 e. The number of amides is 1. The number of carboxylic acid groups (broad SMARTS) is 2. The van der Waals surface area contributed by atoms with Gasteiger partial charge in [-0.15, -0.1) is 0 Å². The van der Waals surface area contributed by atoms with Crippen molar-refractivity contribution in [2.24, 2.45) is 16.7 Å². The van der Waals surface area contributed by atoms with Crippen molar-refractivity contribution in [1.29, 1.82) is 0 Å². The number of aromatic carboxylic acids is 1. The molecular formula is C17H21NO5. The molecule has 1 aromatic rings. The van der Waals surface area contributed by atoms with E-state index in [1.165, 1.54) is 12.1 Å². The second kappa shape index (κ2) is 5.68. The second-order valence-electron chi connectivity index (χ2n) is 6.83. The van der Waals surface area contributed by atoms with E-state index in [1.807, 2.05) is 0 Å². The third-order valence-corrected chi connectivity index (χ3v) is 5.39. The summed E-state index contributed by atoms with van der Waals surface area (Å²) in [6.45, 7) is 5.27. The maximum atomic E-state index is 12.6. The van der Waals surface area contributed by atoms with Gasteiger partial charge in [-0.05, 0) is 43.4 Å². The van der Waals surface area contributed by atoms with Crippen molar-refractivity contribution in [3.8, 4) is 0 Å². The molecule has 6 nitrogen and oxygen atoms in total. The van der Waals surface area contributed by atoms with Gasteiger partial charge in [-0.25, -0.2) is 4.79 Å². The second-order valence-corrected chi connectivity index (χ2v) is 6.83. The van der Waals surface area contributed by atoms with Crippen LogP contribution in [0.2, 0.25) is 0 Å². The van der Waals surface area contributed by atoms with E-state index >= 15 is 0 Å². The predicted molar refractivity (Wildman–Crippen MR) is 84.3 cm³/mol. The van der Waals surface area contributed by atoms with E-state index in [4.69, 9.17) is 5.11 Å². The third-order valence-electron chi connectivity index (χ3n) is 5.39.